The minimum atomic E-state index is -4.97. The van der Waals surface area contributed by atoms with E-state index in [-0.39, 0.29) is 39.1 Å². The van der Waals surface area contributed by atoms with Crippen LogP contribution in [0.2, 0.25) is 5.02 Å². The second kappa shape index (κ2) is 10.4. The van der Waals surface area contributed by atoms with Crippen LogP contribution in [0.4, 0.5) is 13.2 Å². The topological polar surface area (TPSA) is 150 Å². The predicted octanol–water partition coefficient (Wildman–Crippen LogP) is 3.60. The van der Waals surface area contributed by atoms with E-state index in [1.807, 2.05) is 0 Å². The Kier molecular flexibility index (Phi) is 7.73. The number of furan rings is 1. The molecule has 0 atom stereocenters. The van der Waals surface area contributed by atoms with Crippen LogP contribution < -0.4 is 15.1 Å². The number of carbonyl (C=O) groups excluding carboxylic acids is 1. The van der Waals surface area contributed by atoms with Crippen LogP contribution >= 0.6 is 30.8 Å². The molecule has 39 heavy (non-hydrogen) atoms. The summed E-state index contributed by atoms with van der Waals surface area (Å²) in [7, 11) is -1.81. The largest absolute Gasteiger partial charge is 0.573 e. The van der Waals surface area contributed by atoms with Gasteiger partial charge in [-0.1, -0.05) is 11.6 Å². The Morgan fingerprint density at radius 3 is 2.56 bits per heavy atom. The molecule has 0 aliphatic rings. The molecule has 1 amide bonds. The fourth-order valence-electron chi connectivity index (χ4n) is 3.73. The average molecular weight is 611 g/mol. The number of nitrogens with zero attached hydrogens (tertiary/aromatic N) is 4. The van der Waals surface area contributed by atoms with Gasteiger partial charge in [0.25, 0.3) is 11.5 Å². The fraction of sp³-hybridized carbons (Fsp3) is 0.286. The summed E-state index contributed by atoms with van der Waals surface area (Å²) in [6, 6.07) is 3.33. The lowest BCUT2D eigenvalue weighted by Gasteiger charge is -2.13. The van der Waals surface area contributed by atoms with Crippen molar-refractivity contribution in [3.63, 3.8) is 0 Å². The maximum absolute atomic E-state index is 12.9. The van der Waals surface area contributed by atoms with E-state index in [0.29, 0.717) is 11.3 Å². The van der Waals surface area contributed by atoms with Gasteiger partial charge in [-0.25, -0.2) is 4.57 Å². The highest BCUT2D eigenvalue weighted by atomic mass is 35.5. The van der Waals surface area contributed by atoms with Gasteiger partial charge in [0.1, 0.15) is 23.6 Å². The van der Waals surface area contributed by atoms with E-state index in [0.717, 1.165) is 28.0 Å². The molecule has 4 aromatic rings. The number of hydrogen-bond acceptors (Lipinski definition) is 7. The summed E-state index contributed by atoms with van der Waals surface area (Å²) in [5.41, 5.74) is 0.641. The number of carbonyl (C=O) groups is 1. The van der Waals surface area contributed by atoms with Crippen LogP contribution in [0, 0.1) is 6.92 Å². The van der Waals surface area contributed by atoms with E-state index >= 15 is 0 Å². The molecule has 1 aromatic carbocycles. The molecule has 3 aromatic heterocycles. The van der Waals surface area contributed by atoms with Gasteiger partial charge in [-0.2, -0.15) is 4.99 Å². The number of ether oxygens (including phenoxy) is 1. The van der Waals surface area contributed by atoms with Crippen LogP contribution in [0.5, 0.6) is 5.75 Å². The zero-order valence-corrected chi connectivity index (χ0v) is 22.7. The lowest BCUT2D eigenvalue weighted by Crippen LogP contribution is -2.20. The van der Waals surface area contributed by atoms with Crippen LogP contribution in [-0.2, 0) is 41.1 Å². The second-order valence-corrected chi connectivity index (χ2v) is 10.6. The summed E-state index contributed by atoms with van der Waals surface area (Å²) in [6.45, 7) is 0.830. The number of aromatic nitrogens is 3. The van der Waals surface area contributed by atoms with Crippen molar-refractivity contribution < 1.29 is 46.0 Å². The number of aryl methyl sites for hydroxylation is 2. The molecule has 0 saturated heterocycles. The lowest BCUT2D eigenvalue weighted by molar-refractivity contribution is -0.274. The van der Waals surface area contributed by atoms with E-state index in [9.17, 15) is 37.1 Å². The number of halogens is 4. The molecule has 4 rings (SSSR count). The van der Waals surface area contributed by atoms with E-state index in [1.54, 1.807) is 14.0 Å². The summed E-state index contributed by atoms with van der Waals surface area (Å²) in [5.74, 6) is -1.02. The number of phosphoric ester groups is 1. The number of benzene rings is 1. The number of thiazole rings is 1. The Morgan fingerprint density at radius 2 is 1.95 bits per heavy atom. The Hall–Kier alpha value is -3.14. The number of phosphoric acid groups is 1. The Morgan fingerprint density at radius 1 is 1.26 bits per heavy atom. The smallest absolute Gasteiger partial charge is 0.443 e. The molecule has 0 fully saturated rings. The van der Waals surface area contributed by atoms with Crippen molar-refractivity contribution >= 4 is 47.8 Å². The molecule has 210 valence electrons. The van der Waals surface area contributed by atoms with Crippen molar-refractivity contribution in [1.82, 2.24) is 13.9 Å². The zero-order chi connectivity index (χ0) is 28.9. The monoisotopic (exact) mass is 610 g/mol. The van der Waals surface area contributed by atoms with E-state index in [1.165, 1.54) is 27.9 Å². The summed E-state index contributed by atoms with van der Waals surface area (Å²) in [4.78, 5) is 47.9. The minimum absolute atomic E-state index is 0.0476. The van der Waals surface area contributed by atoms with E-state index in [2.05, 4.69) is 14.3 Å². The Labute approximate surface area is 225 Å². The summed E-state index contributed by atoms with van der Waals surface area (Å²) >= 11 is 6.84. The highest BCUT2D eigenvalue weighted by Crippen LogP contribution is 2.37. The highest BCUT2D eigenvalue weighted by molar-refractivity contribution is 7.46. The highest BCUT2D eigenvalue weighted by Gasteiger charge is 2.32. The number of alkyl halides is 3. The van der Waals surface area contributed by atoms with Crippen LogP contribution in [0.1, 0.15) is 11.3 Å². The van der Waals surface area contributed by atoms with Crippen molar-refractivity contribution in [2.75, 3.05) is 0 Å². The molecule has 0 unspecified atom stereocenters. The number of hydrogen-bond donors (Lipinski definition) is 2. The van der Waals surface area contributed by atoms with Gasteiger partial charge in [0.05, 0.1) is 17.1 Å². The molecule has 0 aliphatic carbocycles. The summed E-state index contributed by atoms with van der Waals surface area (Å²) < 4.78 is 67.1. The molecule has 0 radical (unpaired) electrons. The first kappa shape index (κ1) is 28.9. The van der Waals surface area contributed by atoms with Gasteiger partial charge in [-0.3, -0.25) is 28.0 Å². The van der Waals surface area contributed by atoms with Crippen LogP contribution in [0.15, 0.2) is 37.8 Å². The third-order valence-corrected chi connectivity index (χ3v) is 7.21. The van der Waals surface area contributed by atoms with Gasteiger partial charge >= 0.3 is 14.2 Å². The number of rotatable bonds is 7. The first-order valence-electron chi connectivity index (χ1n) is 10.7. The van der Waals surface area contributed by atoms with Crippen molar-refractivity contribution in [2.45, 2.75) is 26.4 Å². The van der Waals surface area contributed by atoms with E-state index < -0.39 is 37.6 Å². The summed E-state index contributed by atoms with van der Waals surface area (Å²) in [6.07, 6.45) is -5.29. The average Bonchev–Trinajstić information content (AvgIpc) is 3.42. The van der Waals surface area contributed by atoms with Crippen molar-refractivity contribution in [3.8, 4) is 17.0 Å². The van der Waals surface area contributed by atoms with Gasteiger partial charge in [0, 0.05) is 30.6 Å². The maximum atomic E-state index is 12.9. The quantitative estimate of drug-likeness (QED) is 0.301. The van der Waals surface area contributed by atoms with Crippen LogP contribution in [-0.4, -0.2) is 36.0 Å². The van der Waals surface area contributed by atoms with Crippen molar-refractivity contribution in [2.24, 2.45) is 19.1 Å². The van der Waals surface area contributed by atoms with Gasteiger partial charge in [-0.05, 0) is 25.1 Å². The predicted molar refractivity (Wildman–Crippen MR) is 132 cm³/mol. The van der Waals surface area contributed by atoms with Gasteiger partial charge in [-0.15, -0.1) is 24.5 Å². The molecule has 18 heteroatoms. The maximum Gasteiger partial charge on any atom is 0.573 e. The third-order valence-electron chi connectivity index (χ3n) is 5.60. The van der Waals surface area contributed by atoms with Gasteiger partial charge in [0.15, 0.2) is 4.80 Å². The lowest BCUT2D eigenvalue weighted by atomic mass is 10.1. The number of fused-ring (bicyclic) bond motifs is 1. The standard InChI is InChI=1S/C21H19ClF3N4O8PS/c1-10-12(17-18(31)27(2)28(3)19(17)36-10)7-16(30)26-20-29(9-35-38(32,33)34)14(8-39-20)11-4-5-15(13(22)6-11)37-21(23,24)25/h4-6,8H,7,9H2,1-3H3,(H2,32,33,34). The molecule has 2 N–H and O–H groups in total. The van der Waals surface area contributed by atoms with Crippen LogP contribution in [0.25, 0.3) is 22.4 Å². The zero-order valence-electron chi connectivity index (χ0n) is 20.2. The normalized spacial score (nSPS) is 13.0. The Balaban J connectivity index is 1.74. The fourth-order valence-corrected chi connectivity index (χ4v) is 5.13. The molecule has 0 spiro atoms. The van der Waals surface area contributed by atoms with Crippen molar-refractivity contribution in [3.05, 3.63) is 55.1 Å². The van der Waals surface area contributed by atoms with Crippen molar-refractivity contribution in [1.29, 1.82) is 0 Å². The molecule has 3 heterocycles. The minimum Gasteiger partial charge on any atom is -0.443 e. The Bertz CT molecular complexity index is 1760. The first-order valence-corrected chi connectivity index (χ1v) is 13.5. The number of amides is 1. The SMILES string of the molecule is Cc1oc2c(c1CC(=O)N=c1scc(-c3ccc(OC(F)(F)F)c(Cl)c3)n1COP(=O)(O)O)c(=O)n(C)n2C. The van der Waals surface area contributed by atoms with Crippen LogP contribution in [0.3, 0.4) is 0 Å². The van der Waals surface area contributed by atoms with E-state index in [4.69, 9.17) is 16.0 Å². The molecule has 12 nitrogen and oxygen atoms in total. The van der Waals surface area contributed by atoms with Gasteiger partial charge < -0.3 is 18.9 Å². The first-order chi connectivity index (χ1) is 18.1. The molecular weight excluding hydrogens is 592 g/mol. The third kappa shape index (κ3) is 6.21. The molecule has 0 aliphatic heterocycles. The summed E-state index contributed by atoms with van der Waals surface area (Å²) in [5, 5.41) is 1.28. The van der Waals surface area contributed by atoms with Gasteiger partial charge in [0.2, 0.25) is 5.71 Å². The second-order valence-electron chi connectivity index (χ2n) is 8.12. The molecule has 0 bridgehead atoms. The molecule has 0 saturated carbocycles. The molecular formula is C21H19ClF3N4O8PS.